The van der Waals surface area contributed by atoms with Crippen LogP contribution < -0.4 is 5.73 Å². The minimum Gasteiger partial charge on any atom is -0.326 e. The van der Waals surface area contributed by atoms with Crippen LogP contribution >= 0.6 is 0 Å². The van der Waals surface area contributed by atoms with Gasteiger partial charge in [0.2, 0.25) is 10.0 Å². The predicted molar refractivity (Wildman–Crippen MR) is 72.5 cm³/mol. The third-order valence-electron chi connectivity index (χ3n) is 3.51. The Balaban J connectivity index is 2.21. The largest absolute Gasteiger partial charge is 0.326 e. The number of hydrogen-bond acceptors (Lipinski definition) is 4. The maximum Gasteiger partial charge on any atom is 0.218 e. The Morgan fingerprint density at radius 2 is 2.11 bits per heavy atom. The van der Waals surface area contributed by atoms with E-state index in [0.29, 0.717) is 24.2 Å². The first-order valence-electron chi connectivity index (χ1n) is 6.15. The average molecular weight is 279 g/mol. The van der Waals surface area contributed by atoms with Crippen molar-refractivity contribution in [3.8, 4) is 6.07 Å². The van der Waals surface area contributed by atoms with Gasteiger partial charge in [-0.25, -0.2) is 8.42 Å². The van der Waals surface area contributed by atoms with Crippen LogP contribution in [0.1, 0.15) is 18.1 Å². The summed E-state index contributed by atoms with van der Waals surface area (Å²) < 4.78 is 26.1. The Hall–Kier alpha value is -1.42. The molecule has 1 aliphatic heterocycles. The van der Waals surface area contributed by atoms with Crippen molar-refractivity contribution in [2.24, 2.45) is 11.7 Å². The molecule has 1 heterocycles. The zero-order valence-corrected chi connectivity index (χ0v) is 11.6. The molecule has 0 aromatic heterocycles. The van der Waals surface area contributed by atoms with Gasteiger partial charge >= 0.3 is 0 Å². The van der Waals surface area contributed by atoms with Crippen molar-refractivity contribution in [3.05, 3.63) is 35.4 Å². The van der Waals surface area contributed by atoms with Gasteiger partial charge in [0, 0.05) is 19.1 Å². The number of nitriles is 1. The van der Waals surface area contributed by atoms with E-state index in [1.165, 1.54) is 4.31 Å². The molecule has 0 spiro atoms. The molecule has 0 radical (unpaired) electrons. The highest BCUT2D eigenvalue weighted by Gasteiger charge is 2.34. The fourth-order valence-corrected chi connectivity index (χ4v) is 3.91. The molecule has 1 saturated heterocycles. The maximum absolute atomic E-state index is 12.3. The fourth-order valence-electron chi connectivity index (χ4n) is 2.22. The van der Waals surface area contributed by atoms with Crippen LogP contribution in [0.15, 0.2) is 24.3 Å². The van der Waals surface area contributed by atoms with Crippen LogP contribution in [0.5, 0.6) is 0 Å². The molecule has 2 unspecified atom stereocenters. The molecule has 1 aliphatic rings. The normalized spacial score (nSPS) is 24.3. The van der Waals surface area contributed by atoms with E-state index in [0.717, 1.165) is 0 Å². The summed E-state index contributed by atoms with van der Waals surface area (Å²) in [5.74, 6) is 0.0249. The summed E-state index contributed by atoms with van der Waals surface area (Å²) in [7, 11) is -3.41. The molecule has 0 amide bonds. The van der Waals surface area contributed by atoms with Crippen LogP contribution in [0, 0.1) is 17.2 Å². The van der Waals surface area contributed by atoms with Gasteiger partial charge in [0.15, 0.2) is 0 Å². The molecule has 1 aromatic carbocycles. The summed E-state index contributed by atoms with van der Waals surface area (Å²) in [5.41, 5.74) is 6.80. The molecule has 0 aliphatic carbocycles. The fraction of sp³-hybridized carbons (Fsp3) is 0.462. The molecule has 1 fully saturated rings. The molecule has 0 saturated carbocycles. The van der Waals surface area contributed by atoms with Gasteiger partial charge in [0.1, 0.15) is 0 Å². The minimum atomic E-state index is -3.41. The summed E-state index contributed by atoms with van der Waals surface area (Å²) in [4.78, 5) is 0. The van der Waals surface area contributed by atoms with Gasteiger partial charge in [-0.3, -0.25) is 0 Å². The number of nitrogens with two attached hydrogens (primary N) is 1. The Kier molecular flexibility index (Phi) is 3.90. The van der Waals surface area contributed by atoms with E-state index in [4.69, 9.17) is 11.0 Å². The van der Waals surface area contributed by atoms with E-state index >= 15 is 0 Å². The zero-order chi connectivity index (χ0) is 14.0. The highest BCUT2D eigenvalue weighted by Crippen LogP contribution is 2.21. The number of rotatable bonds is 3. The second-order valence-corrected chi connectivity index (χ2v) is 6.95. The first-order chi connectivity index (χ1) is 8.94. The van der Waals surface area contributed by atoms with Gasteiger partial charge in [-0.2, -0.15) is 9.57 Å². The van der Waals surface area contributed by atoms with Gasteiger partial charge in [-0.15, -0.1) is 0 Å². The second kappa shape index (κ2) is 5.29. The van der Waals surface area contributed by atoms with Crippen molar-refractivity contribution < 1.29 is 8.42 Å². The summed E-state index contributed by atoms with van der Waals surface area (Å²) in [6, 6.07) is 8.68. The minimum absolute atomic E-state index is 0.110. The summed E-state index contributed by atoms with van der Waals surface area (Å²) in [5, 5.41) is 8.99. The van der Waals surface area contributed by atoms with E-state index in [1.807, 2.05) is 13.0 Å². The Labute approximate surface area is 113 Å². The summed E-state index contributed by atoms with van der Waals surface area (Å²) in [6.07, 6.45) is 0. The third kappa shape index (κ3) is 2.95. The lowest BCUT2D eigenvalue weighted by atomic mass is 10.1. The Morgan fingerprint density at radius 1 is 1.42 bits per heavy atom. The zero-order valence-electron chi connectivity index (χ0n) is 10.8. The van der Waals surface area contributed by atoms with Gasteiger partial charge in [0.25, 0.3) is 0 Å². The average Bonchev–Trinajstić information content (AvgIpc) is 2.71. The van der Waals surface area contributed by atoms with E-state index < -0.39 is 10.0 Å². The lowest BCUT2D eigenvalue weighted by Gasteiger charge is -2.16. The quantitative estimate of drug-likeness (QED) is 0.880. The molecule has 19 heavy (non-hydrogen) atoms. The van der Waals surface area contributed by atoms with E-state index in [1.54, 1.807) is 24.3 Å². The van der Waals surface area contributed by atoms with Crippen LogP contribution in [0.25, 0.3) is 0 Å². The molecular weight excluding hydrogens is 262 g/mol. The number of hydrogen-bond donors (Lipinski definition) is 1. The predicted octanol–water partition coefficient (Wildman–Crippen LogP) is 0.667. The van der Waals surface area contributed by atoms with Crippen LogP contribution in [0.3, 0.4) is 0 Å². The van der Waals surface area contributed by atoms with Gasteiger partial charge in [-0.05, 0) is 17.5 Å². The van der Waals surface area contributed by atoms with Gasteiger partial charge < -0.3 is 5.73 Å². The van der Waals surface area contributed by atoms with E-state index in [-0.39, 0.29) is 17.7 Å². The maximum atomic E-state index is 12.3. The first-order valence-corrected chi connectivity index (χ1v) is 7.76. The number of benzene rings is 1. The molecule has 2 rings (SSSR count). The molecule has 2 atom stereocenters. The molecule has 102 valence electrons. The van der Waals surface area contributed by atoms with Gasteiger partial charge in [0.05, 0.1) is 17.4 Å². The van der Waals surface area contributed by atoms with E-state index in [9.17, 15) is 8.42 Å². The van der Waals surface area contributed by atoms with Crippen molar-refractivity contribution in [1.29, 1.82) is 5.26 Å². The Bertz CT molecular complexity index is 597. The molecule has 2 N–H and O–H groups in total. The van der Waals surface area contributed by atoms with Crippen LogP contribution in [0.4, 0.5) is 0 Å². The second-order valence-electron chi connectivity index (χ2n) is 4.98. The summed E-state index contributed by atoms with van der Waals surface area (Å²) >= 11 is 0. The smallest absolute Gasteiger partial charge is 0.218 e. The monoisotopic (exact) mass is 279 g/mol. The highest BCUT2D eigenvalue weighted by atomic mass is 32.2. The molecule has 1 aromatic rings. The first kappa shape index (κ1) is 14.0. The van der Waals surface area contributed by atoms with Crippen LogP contribution in [0.2, 0.25) is 0 Å². The summed E-state index contributed by atoms with van der Waals surface area (Å²) in [6.45, 7) is 2.76. The molecule has 0 bridgehead atoms. The molecule has 6 heteroatoms. The highest BCUT2D eigenvalue weighted by molar-refractivity contribution is 7.88. The Morgan fingerprint density at radius 3 is 2.68 bits per heavy atom. The standard InChI is InChI=1S/C13H17N3O2S/c1-10-7-16(8-13(10)15)19(17,18)9-12-5-3-2-4-11(12)6-14/h2-5,10,13H,7-9,15H2,1H3. The number of nitrogens with zero attached hydrogens (tertiary/aromatic N) is 2. The van der Waals surface area contributed by atoms with Crippen molar-refractivity contribution >= 4 is 10.0 Å². The molecular formula is C13H17N3O2S. The SMILES string of the molecule is CC1CN(S(=O)(=O)Cc2ccccc2C#N)CC1N. The van der Waals surface area contributed by atoms with Crippen molar-refractivity contribution in [1.82, 2.24) is 4.31 Å². The lowest BCUT2D eigenvalue weighted by Crippen LogP contribution is -2.33. The van der Waals surface area contributed by atoms with Crippen molar-refractivity contribution in [3.63, 3.8) is 0 Å². The third-order valence-corrected chi connectivity index (χ3v) is 5.27. The van der Waals surface area contributed by atoms with Crippen molar-refractivity contribution in [2.75, 3.05) is 13.1 Å². The van der Waals surface area contributed by atoms with E-state index in [2.05, 4.69) is 0 Å². The van der Waals surface area contributed by atoms with Gasteiger partial charge in [-0.1, -0.05) is 25.1 Å². The topological polar surface area (TPSA) is 87.2 Å². The van der Waals surface area contributed by atoms with Crippen LogP contribution in [-0.2, 0) is 15.8 Å². The van der Waals surface area contributed by atoms with Crippen LogP contribution in [-0.4, -0.2) is 31.9 Å². The lowest BCUT2D eigenvalue weighted by molar-refractivity contribution is 0.463. The molecule has 5 nitrogen and oxygen atoms in total. The van der Waals surface area contributed by atoms with Crippen molar-refractivity contribution in [2.45, 2.75) is 18.7 Å². The number of sulfonamides is 1.